The molecule has 2 rings (SSSR count). The molecule has 1 N–H and O–H groups in total. The zero-order valence-corrected chi connectivity index (χ0v) is 11.4. The lowest BCUT2D eigenvalue weighted by Crippen LogP contribution is -2.19. The summed E-state index contributed by atoms with van der Waals surface area (Å²) in [6.45, 7) is 6.19. The fourth-order valence-electron chi connectivity index (χ4n) is 2.45. The van der Waals surface area contributed by atoms with Gasteiger partial charge in [0.1, 0.15) is 0 Å². The molecule has 0 aromatic heterocycles. The van der Waals surface area contributed by atoms with Crippen molar-refractivity contribution in [2.75, 3.05) is 5.32 Å². The van der Waals surface area contributed by atoms with Gasteiger partial charge in [0.15, 0.2) is 5.78 Å². The lowest BCUT2D eigenvalue weighted by Gasteiger charge is -2.19. The third-order valence-electron chi connectivity index (χ3n) is 3.63. The molecule has 1 fully saturated rings. The van der Waals surface area contributed by atoms with Crippen LogP contribution in [0.3, 0.4) is 0 Å². The SMILES string of the molecule is Cc1ccc(N/C=C2/CCC[C@@H](C)C2=O)c(C)c1. The van der Waals surface area contributed by atoms with Gasteiger partial charge < -0.3 is 5.32 Å². The summed E-state index contributed by atoms with van der Waals surface area (Å²) in [7, 11) is 0. The molecule has 0 amide bonds. The van der Waals surface area contributed by atoms with E-state index in [9.17, 15) is 4.79 Å². The Balaban J connectivity index is 2.12. The van der Waals surface area contributed by atoms with Crippen LogP contribution in [0.25, 0.3) is 0 Å². The zero-order valence-electron chi connectivity index (χ0n) is 11.4. The second-order valence-electron chi connectivity index (χ2n) is 5.29. The minimum absolute atomic E-state index is 0.186. The predicted octanol–water partition coefficient (Wildman–Crippen LogP) is 3.99. The summed E-state index contributed by atoms with van der Waals surface area (Å²) in [4.78, 5) is 12.0. The molecule has 1 saturated carbocycles. The van der Waals surface area contributed by atoms with Crippen LogP contribution in [-0.4, -0.2) is 5.78 Å². The maximum Gasteiger partial charge on any atom is 0.163 e. The fraction of sp³-hybridized carbons (Fsp3) is 0.438. The Kier molecular flexibility index (Phi) is 3.85. The Bertz CT molecular complexity index is 488. The number of benzene rings is 1. The van der Waals surface area contributed by atoms with E-state index in [1.165, 1.54) is 11.1 Å². The van der Waals surface area contributed by atoms with Gasteiger partial charge in [0.05, 0.1) is 0 Å². The van der Waals surface area contributed by atoms with Gasteiger partial charge in [0.2, 0.25) is 0 Å². The van der Waals surface area contributed by atoms with Crippen molar-refractivity contribution >= 4 is 11.5 Å². The number of allylic oxidation sites excluding steroid dienone is 1. The Hall–Kier alpha value is -1.57. The van der Waals surface area contributed by atoms with Crippen LogP contribution in [0.1, 0.15) is 37.3 Å². The summed E-state index contributed by atoms with van der Waals surface area (Å²) in [5.41, 5.74) is 4.49. The first kappa shape index (κ1) is 12.9. The quantitative estimate of drug-likeness (QED) is 0.796. The molecular formula is C16H21NO. The van der Waals surface area contributed by atoms with Gasteiger partial charge in [-0.05, 0) is 44.7 Å². The minimum atomic E-state index is 0.186. The van der Waals surface area contributed by atoms with Crippen molar-refractivity contribution in [3.8, 4) is 0 Å². The number of nitrogens with one attached hydrogen (secondary N) is 1. The van der Waals surface area contributed by atoms with Gasteiger partial charge in [-0.25, -0.2) is 0 Å². The van der Waals surface area contributed by atoms with E-state index < -0.39 is 0 Å². The molecule has 2 heteroatoms. The Morgan fingerprint density at radius 2 is 2.11 bits per heavy atom. The highest BCUT2D eigenvalue weighted by Gasteiger charge is 2.22. The molecule has 1 aliphatic rings. The monoisotopic (exact) mass is 243 g/mol. The highest BCUT2D eigenvalue weighted by atomic mass is 16.1. The lowest BCUT2D eigenvalue weighted by molar-refractivity contribution is -0.119. The number of Topliss-reactive ketones (excluding diaryl/α,β-unsaturated/α-hetero) is 1. The van der Waals surface area contributed by atoms with Gasteiger partial charge in [0.25, 0.3) is 0 Å². The molecule has 1 atom stereocenters. The van der Waals surface area contributed by atoms with Gasteiger partial charge in [-0.1, -0.05) is 24.6 Å². The van der Waals surface area contributed by atoms with Gasteiger partial charge in [-0.2, -0.15) is 0 Å². The number of hydrogen-bond acceptors (Lipinski definition) is 2. The largest absolute Gasteiger partial charge is 0.361 e. The van der Waals surface area contributed by atoms with Gasteiger partial charge in [-0.15, -0.1) is 0 Å². The van der Waals surface area contributed by atoms with Crippen molar-refractivity contribution in [2.24, 2.45) is 5.92 Å². The van der Waals surface area contributed by atoms with Crippen molar-refractivity contribution in [3.05, 3.63) is 41.1 Å². The molecule has 0 saturated heterocycles. The van der Waals surface area contributed by atoms with E-state index in [2.05, 4.69) is 37.4 Å². The number of anilines is 1. The number of ketones is 1. The Labute approximate surface area is 109 Å². The molecule has 1 aromatic carbocycles. The van der Waals surface area contributed by atoms with Crippen molar-refractivity contribution in [1.82, 2.24) is 0 Å². The van der Waals surface area contributed by atoms with Gasteiger partial charge in [-0.3, -0.25) is 4.79 Å². The summed E-state index contributed by atoms with van der Waals surface area (Å²) >= 11 is 0. The normalized spacial score (nSPS) is 22.3. The van der Waals surface area contributed by atoms with Crippen LogP contribution < -0.4 is 5.32 Å². The average molecular weight is 243 g/mol. The summed E-state index contributed by atoms with van der Waals surface area (Å²) in [5, 5.41) is 3.28. The maximum absolute atomic E-state index is 12.0. The number of hydrogen-bond donors (Lipinski definition) is 1. The molecule has 96 valence electrons. The fourth-order valence-corrected chi connectivity index (χ4v) is 2.45. The molecule has 0 unspecified atom stereocenters. The molecule has 0 aliphatic heterocycles. The molecule has 2 nitrogen and oxygen atoms in total. The van der Waals surface area contributed by atoms with E-state index in [0.717, 1.165) is 30.5 Å². The zero-order chi connectivity index (χ0) is 13.1. The van der Waals surface area contributed by atoms with Crippen LogP contribution in [0, 0.1) is 19.8 Å². The van der Waals surface area contributed by atoms with Crippen molar-refractivity contribution < 1.29 is 4.79 Å². The summed E-state index contributed by atoms with van der Waals surface area (Å²) in [6.07, 6.45) is 4.95. The number of carbonyl (C=O) groups excluding carboxylic acids is 1. The maximum atomic E-state index is 12.0. The average Bonchev–Trinajstić information content (AvgIpc) is 2.33. The first-order chi connectivity index (χ1) is 8.58. The third-order valence-corrected chi connectivity index (χ3v) is 3.63. The summed E-state index contributed by atoms with van der Waals surface area (Å²) < 4.78 is 0. The number of carbonyl (C=O) groups is 1. The summed E-state index contributed by atoms with van der Waals surface area (Å²) in [5.74, 6) is 0.490. The Morgan fingerprint density at radius 3 is 2.83 bits per heavy atom. The predicted molar refractivity (Wildman–Crippen MR) is 75.6 cm³/mol. The number of aryl methyl sites for hydroxylation is 2. The van der Waals surface area contributed by atoms with E-state index in [4.69, 9.17) is 0 Å². The van der Waals surface area contributed by atoms with Crippen LogP contribution in [0.2, 0.25) is 0 Å². The van der Waals surface area contributed by atoms with Gasteiger partial charge >= 0.3 is 0 Å². The summed E-state index contributed by atoms with van der Waals surface area (Å²) in [6, 6.07) is 6.30. The number of rotatable bonds is 2. The van der Waals surface area contributed by atoms with E-state index >= 15 is 0 Å². The van der Waals surface area contributed by atoms with Crippen LogP contribution in [0.5, 0.6) is 0 Å². The first-order valence-corrected chi connectivity index (χ1v) is 6.65. The second kappa shape index (κ2) is 5.38. The molecule has 0 heterocycles. The Morgan fingerprint density at radius 1 is 1.33 bits per heavy atom. The second-order valence-corrected chi connectivity index (χ2v) is 5.29. The van der Waals surface area contributed by atoms with E-state index in [1.807, 2.05) is 13.1 Å². The van der Waals surface area contributed by atoms with Crippen LogP contribution in [0.15, 0.2) is 30.0 Å². The third kappa shape index (κ3) is 2.81. The van der Waals surface area contributed by atoms with Crippen LogP contribution in [0.4, 0.5) is 5.69 Å². The lowest BCUT2D eigenvalue weighted by atomic mass is 9.86. The molecular weight excluding hydrogens is 222 g/mol. The molecule has 1 aromatic rings. The van der Waals surface area contributed by atoms with Crippen molar-refractivity contribution in [3.63, 3.8) is 0 Å². The molecule has 0 radical (unpaired) electrons. The highest BCUT2D eigenvalue weighted by molar-refractivity contribution is 5.97. The minimum Gasteiger partial charge on any atom is -0.361 e. The highest BCUT2D eigenvalue weighted by Crippen LogP contribution is 2.25. The molecule has 18 heavy (non-hydrogen) atoms. The van der Waals surface area contributed by atoms with E-state index in [0.29, 0.717) is 5.78 Å². The topological polar surface area (TPSA) is 29.1 Å². The van der Waals surface area contributed by atoms with E-state index in [1.54, 1.807) is 0 Å². The molecule has 0 spiro atoms. The standard InChI is InChI=1S/C16H21NO/c1-11-7-8-15(13(3)9-11)17-10-14-6-4-5-12(2)16(14)18/h7-10,12,17H,4-6H2,1-3H3/b14-10-/t12-/m1/s1. The van der Waals surface area contributed by atoms with Crippen LogP contribution >= 0.6 is 0 Å². The van der Waals surface area contributed by atoms with E-state index in [-0.39, 0.29) is 5.92 Å². The molecule has 0 bridgehead atoms. The smallest absolute Gasteiger partial charge is 0.163 e. The first-order valence-electron chi connectivity index (χ1n) is 6.65. The van der Waals surface area contributed by atoms with Crippen molar-refractivity contribution in [2.45, 2.75) is 40.0 Å². The van der Waals surface area contributed by atoms with Gasteiger partial charge in [0, 0.05) is 23.4 Å². The van der Waals surface area contributed by atoms with Crippen LogP contribution in [-0.2, 0) is 4.79 Å². The molecule has 1 aliphatic carbocycles. The van der Waals surface area contributed by atoms with Crippen molar-refractivity contribution in [1.29, 1.82) is 0 Å².